The van der Waals surface area contributed by atoms with Crippen molar-refractivity contribution >= 4 is 30.9 Å². The van der Waals surface area contributed by atoms with Crippen LogP contribution >= 0.6 is 22.6 Å². The highest BCUT2D eigenvalue weighted by atomic mass is 127. The predicted octanol–water partition coefficient (Wildman–Crippen LogP) is 9.03. The second kappa shape index (κ2) is 8.39. The molecule has 0 aromatic heterocycles. The summed E-state index contributed by atoms with van der Waals surface area (Å²) in [6.07, 6.45) is 14.3. The second-order valence-corrected chi connectivity index (χ2v) is 19.5. The molecular formula is C28H49IOSi. The van der Waals surface area contributed by atoms with Crippen LogP contribution in [0.25, 0.3) is 0 Å². The summed E-state index contributed by atoms with van der Waals surface area (Å²) in [5.74, 6) is 4.69. The van der Waals surface area contributed by atoms with Gasteiger partial charge < -0.3 is 4.43 Å². The van der Waals surface area contributed by atoms with E-state index in [4.69, 9.17) is 4.43 Å². The third-order valence-corrected chi connectivity index (χ3v) is 17.3. The van der Waals surface area contributed by atoms with Crippen LogP contribution in [0, 0.1) is 40.4 Å². The molecule has 0 unspecified atom stereocenters. The summed E-state index contributed by atoms with van der Waals surface area (Å²) < 4.78 is 8.24. The predicted molar refractivity (Wildman–Crippen MR) is 145 cm³/mol. The van der Waals surface area contributed by atoms with Crippen LogP contribution in [0.15, 0.2) is 11.6 Å². The molecule has 0 heterocycles. The number of allylic oxidation sites excluding steroid dienone is 1. The molecule has 0 aromatic carbocycles. The van der Waals surface area contributed by atoms with Gasteiger partial charge in [-0.15, -0.1) is 0 Å². The maximum Gasteiger partial charge on any atom is 0.192 e. The van der Waals surface area contributed by atoms with E-state index < -0.39 is 8.32 Å². The average Bonchev–Trinajstić information content (AvgIpc) is 3.04. The molecule has 3 fully saturated rings. The average molecular weight is 557 g/mol. The van der Waals surface area contributed by atoms with Crippen LogP contribution in [-0.4, -0.2) is 18.8 Å². The standard InChI is InChI=1S/C28H49IOSi/c1-19(18-29)23-11-12-24-22-10-9-20-17-21(30-31(7,8)26(2,3)4)13-15-27(20,5)25(22)14-16-28(23,24)6/h9,19,21-25H,10-18H2,1-8H3/t19-,21+,22+,23-,24+,25+,27+,28-/m1/s1. The Morgan fingerprint density at radius 1 is 1.10 bits per heavy atom. The molecule has 0 aromatic rings. The molecule has 0 saturated heterocycles. The largest absolute Gasteiger partial charge is 0.414 e. The molecule has 0 spiro atoms. The van der Waals surface area contributed by atoms with Crippen LogP contribution < -0.4 is 0 Å². The number of halogens is 1. The Hall–Kier alpha value is 0.647. The van der Waals surface area contributed by atoms with Crippen molar-refractivity contribution in [2.45, 2.75) is 117 Å². The Labute approximate surface area is 208 Å². The molecule has 1 nitrogen and oxygen atoms in total. The van der Waals surface area contributed by atoms with Gasteiger partial charge in [0.05, 0.1) is 0 Å². The molecule has 4 rings (SSSR count). The SMILES string of the molecule is C[C@H](CI)[C@H]1CC[C@H]2[C@@H]3CC=C4C[C@@H](O[Si](C)(C)C(C)(C)C)CC[C@]4(C)[C@H]3CC[C@]12C. The lowest BCUT2D eigenvalue weighted by molar-refractivity contribution is -0.0543. The van der Waals surface area contributed by atoms with Crippen LogP contribution in [-0.2, 0) is 4.43 Å². The lowest BCUT2D eigenvalue weighted by Crippen LogP contribution is -2.52. The molecule has 3 heteroatoms. The van der Waals surface area contributed by atoms with Crippen LogP contribution in [0.2, 0.25) is 18.1 Å². The van der Waals surface area contributed by atoms with E-state index in [1.807, 2.05) is 0 Å². The highest BCUT2D eigenvalue weighted by Crippen LogP contribution is 2.67. The molecule has 3 saturated carbocycles. The van der Waals surface area contributed by atoms with E-state index in [-0.39, 0.29) is 0 Å². The zero-order valence-electron chi connectivity index (χ0n) is 21.7. The normalized spacial score (nSPS) is 44.2. The van der Waals surface area contributed by atoms with E-state index in [9.17, 15) is 0 Å². The summed E-state index contributed by atoms with van der Waals surface area (Å²) in [4.78, 5) is 0. The smallest absolute Gasteiger partial charge is 0.192 e. The number of rotatable bonds is 4. The van der Waals surface area contributed by atoms with Crippen LogP contribution in [0.1, 0.15) is 92.9 Å². The number of fused-ring (bicyclic) bond motifs is 5. The van der Waals surface area contributed by atoms with Crippen LogP contribution in [0.4, 0.5) is 0 Å². The fourth-order valence-electron chi connectivity index (χ4n) is 8.40. The van der Waals surface area contributed by atoms with Crippen molar-refractivity contribution in [2.75, 3.05) is 4.43 Å². The van der Waals surface area contributed by atoms with Crippen molar-refractivity contribution in [2.24, 2.45) is 40.4 Å². The molecular weight excluding hydrogens is 507 g/mol. The third-order valence-electron chi connectivity index (χ3n) is 11.3. The molecule has 4 aliphatic carbocycles. The number of alkyl halides is 1. The van der Waals surface area contributed by atoms with Gasteiger partial charge in [0.25, 0.3) is 0 Å². The second-order valence-electron chi connectivity index (χ2n) is 13.9. The van der Waals surface area contributed by atoms with Gasteiger partial charge in [-0.3, -0.25) is 0 Å². The van der Waals surface area contributed by atoms with Crippen LogP contribution in [0.5, 0.6) is 0 Å². The van der Waals surface area contributed by atoms with E-state index in [2.05, 4.69) is 83.3 Å². The van der Waals surface area contributed by atoms with Gasteiger partial charge in [0.15, 0.2) is 8.32 Å². The van der Waals surface area contributed by atoms with Crippen molar-refractivity contribution in [3.8, 4) is 0 Å². The zero-order chi connectivity index (χ0) is 22.8. The van der Waals surface area contributed by atoms with E-state index in [1.54, 1.807) is 5.57 Å². The van der Waals surface area contributed by atoms with Crippen molar-refractivity contribution in [3.05, 3.63) is 11.6 Å². The van der Waals surface area contributed by atoms with Gasteiger partial charge >= 0.3 is 0 Å². The molecule has 0 N–H and O–H groups in total. The Bertz CT molecular complexity index is 708. The minimum atomic E-state index is -1.69. The Balaban J connectivity index is 1.52. The van der Waals surface area contributed by atoms with E-state index in [1.165, 1.54) is 55.8 Å². The molecule has 31 heavy (non-hydrogen) atoms. The Morgan fingerprint density at radius 3 is 2.45 bits per heavy atom. The molecule has 0 bridgehead atoms. The lowest BCUT2D eigenvalue weighted by Gasteiger charge is -2.59. The van der Waals surface area contributed by atoms with E-state index in [0.29, 0.717) is 22.0 Å². The molecule has 178 valence electrons. The fraction of sp³-hybridized carbons (Fsp3) is 0.929. The first-order valence-electron chi connectivity index (χ1n) is 13.3. The maximum atomic E-state index is 6.91. The first-order chi connectivity index (χ1) is 14.3. The molecule has 0 aliphatic heterocycles. The van der Waals surface area contributed by atoms with Gasteiger partial charge in [-0.05, 0) is 110 Å². The zero-order valence-corrected chi connectivity index (χ0v) is 24.8. The Morgan fingerprint density at radius 2 is 1.81 bits per heavy atom. The first kappa shape index (κ1) is 24.8. The monoisotopic (exact) mass is 556 g/mol. The highest BCUT2D eigenvalue weighted by Gasteiger charge is 2.59. The molecule has 0 amide bonds. The summed E-state index contributed by atoms with van der Waals surface area (Å²) in [6.45, 7) is 19.9. The van der Waals surface area contributed by atoms with Gasteiger partial charge in [0, 0.05) is 10.5 Å². The summed E-state index contributed by atoms with van der Waals surface area (Å²) in [5.41, 5.74) is 2.84. The van der Waals surface area contributed by atoms with Gasteiger partial charge in [-0.1, -0.05) is 75.8 Å². The van der Waals surface area contributed by atoms with Crippen molar-refractivity contribution < 1.29 is 4.43 Å². The highest BCUT2D eigenvalue weighted by molar-refractivity contribution is 14.1. The Kier molecular flexibility index (Phi) is 6.71. The van der Waals surface area contributed by atoms with Gasteiger partial charge in [-0.25, -0.2) is 0 Å². The third kappa shape index (κ3) is 4.07. The van der Waals surface area contributed by atoms with Crippen molar-refractivity contribution in [1.29, 1.82) is 0 Å². The van der Waals surface area contributed by atoms with Gasteiger partial charge in [0.2, 0.25) is 0 Å². The number of hydrogen-bond donors (Lipinski definition) is 0. The van der Waals surface area contributed by atoms with Crippen molar-refractivity contribution in [3.63, 3.8) is 0 Å². The lowest BCUT2D eigenvalue weighted by atomic mass is 9.47. The number of hydrogen-bond acceptors (Lipinski definition) is 1. The topological polar surface area (TPSA) is 9.23 Å². The fourth-order valence-corrected chi connectivity index (χ4v) is 10.4. The summed E-state index contributed by atoms with van der Waals surface area (Å²) >= 11 is 2.63. The maximum absolute atomic E-state index is 6.91. The minimum Gasteiger partial charge on any atom is -0.414 e. The van der Waals surface area contributed by atoms with Gasteiger partial charge in [-0.2, -0.15) is 0 Å². The van der Waals surface area contributed by atoms with Crippen molar-refractivity contribution in [1.82, 2.24) is 0 Å². The van der Waals surface area contributed by atoms with Crippen LogP contribution in [0.3, 0.4) is 0 Å². The quantitative estimate of drug-likeness (QED) is 0.145. The molecule has 0 radical (unpaired) electrons. The van der Waals surface area contributed by atoms with Gasteiger partial charge in [0.1, 0.15) is 0 Å². The first-order valence-corrected chi connectivity index (χ1v) is 17.7. The summed E-state index contributed by atoms with van der Waals surface area (Å²) in [6, 6.07) is 0. The molecule has 4 aliphatic rings. The van der Waals surface area contributed by atoms with E-state index >= 15 is 0 Å². The summed E-state index contributed by atoms with van der Waals surface area (Å²) in [5, 5.41) is 0.307. The minimum absolute atomic E-state index is 0.307. The molecule has 8 atom stereocenters. The summed E-state index contributed by atoms with van der Waals surface area (Å²) in [7, 11) is -1.69. The van der Waals surface area contributed by atoms with E-state index in [0.717, 1.165) is 29.6 Å².